The van der Waals surface area contributed by atoms with Crippen molar-refractivity contribution in [3.8, 4) is 5.75 Å². The molecule has 1 aliphatic heterocycles. The van der Waals surface area contributed by atoms with Gasteiger partial charge in [0.25, 0.3) is 5.91 Å². The second-order valence-electron chi connectivity index (χ2n) is 6.88. The lowest BCUT2D eigenvalue weighted by Crippen LogP contribution is -2.35. The van der Waals surface area contributed by atoms with Crippen LogP contribution in [-0.2, 0) is 13.2 Å². The zero-order valence-corrected chi connectivity index (χ0v) is 16.5. The van der Waals surface area contributed by atoms with Crippen molar-refractivity contribution < 1.29 is 9.53 Å². The van der Waals surface area contributed by atoms with Crippen LogP contribution < -0.4 is 4.74 Å². The molecule has 1 amide bonds. The molecular weight excluding hydrogens is 372 g/mol. The minimum absolute atomic E-state index is 0.0137. The van der Waals surface area contributed by atoms with Crippen molar-refractivity contribution in [1.29, 1.82) is 0 Å². The normalized spacial score (nSPS) is 15.4. The lowest BCUT2D eigenvalue weighted by molar-refractivity contribution is 0.0755. The Morgan fingerprint density at radius 1 is 1.11 bits per heavy atom. The first kappa shape index (κ1) is 18.7. The molecule has 3 aromatic rings. The van der Waals surface area contributed by atoms with Crippen LogP contribution in [0.2, 0.25) is 0 Å². The third-order valence-corrected chi connectivity index (χ3v) is 5.68. The Hall–Kier alpha value is -2.64. The first-order chi connectivity index (χ1) is 13.8. The number of H-pyrrole nitrogens is 1. The van der Waals surface area contributed by atoms with Gasteiger partial charge in [-0.2, -0.15) is 5.10 Å². The molecule has 0 atom stereocenters. The van der Waals surface area contributed by atoms with Crippen molar-refractivity contribution in [2.24, 2.45) is 0 Å². The molecule has 1 fully saturated rings. The fraction of sp³-hybridized carbons (Fsp3) is 0.333. The molecule has 146 valence electrons. The average Bonchev–Trinajstić information content (AvgIpc) is 3.35. The van der Waals surface area contributed by atoms with Crippen molar-refractivity contribution in [1.82, 2.24) is 20.0 Å². The number of para-hydroxylation sites is 1. The van der Waals surface area contributed by atoms with E-state index in [1.165, 1.54) is 4.88 Å². The molecule has 7 heteroatoms. The molecule has 28 heavy (non-hydrogen) atoms. The number of amides is 1. The molecular formula is C21H24N4O2S. The van der Waals surface area contributed by atoms with Gasteiger partial charge >= 0.3 is 0 Å². The highest BCUT2D eigenvalue weighted by molar-refractivity contribution is 7.09. The Morgan fingerprint density at radius 2 is 2.00 bits per heavy atom. The number of ether oxygens (including phenoxy) is 1. The minimum Gasteiger partial charge on any atom is -0.487 e. The summed E-state index contributed by atoms with van der Waals surface area (Å²) in [6, 6.07) is 15.7. The Labute approximate surface area is 168 Å². The Bertz CT molecular complexity index is 879. The molecule has 0 aliphatic carbocycles. The highest BCUT2D eigenvalue weighted by atomic mass is 32.1. The third-order valence-electron chi connectivity index (χ3n) is 4.82. The Balaban J connectivity index is 1.31. The molecule has 3 heterocycles. The van der Waals surface area contributed by atoms with E-state index in [0.717, 1.165) is 50.6 Å². The maximum Gasteiger partial charge on any atom is 0.274 e. The molecule has 1 saturated heterocycles. The van der Waals surface area contributed by atoms with Gasteiger partial charge in [0.15, 0.2) is 5.69 Å². The van der Waals surface area contributed by atoms with Gasteiger partial charge in [0.2, 0.25) is 0 Å². The Kier molecular flexibility index (Phi) is 6.04. The second-order valence-corrected chi connectivity index (χ2v) is 7.91. The summed E-state index contributed by atoms with van der Waals surface area (Å²) in [5.41, 5.74) is 1.25. The molecule has 6 nitrogen and oxygen atoms in total. The predicted molar refractivity (Wildman–Crippen MR) is 109 cm³/mol. The van der Waals surface area contributed by atoms with Crippen molar-refractivity contribution >= 4 is 17.2 Å². The summed E-state index contributed by atoms with van der Waals surface area (Å²) in [7, 11) is 0. The number of hydrogen-bond donors (Lipinski definition) is 1. The van der Waals surface area contributed by atoms with Gasteiger partial charge in [-0.05, 0) is 36.1 Å². The lowest BCUT2D eigenvalue weighted by Gasteiger charge is -2.21. The van der Waals surface area contributed by atoms with Crippen LogP contribution in [0.3, 0.4) is 0 Å². The van der Waals surface area contributed by atoms with Crippen LogP contribution in [0, 0.1) is 0 Å². The van der Waals surface area contributed by atoms with E-state index >= 15 is 0 Å². The van der Waals surface area contributed by atoms with Gasteiger partial charge < -0.3 is 9.64 Å². The fourth-order valence-electron chi connectivity index (χ4n) is 3.34. The van der Waals surface area contributed by atoms with Crippen LogP contribution in [-0.4, -0.2) is 52.1 Å². The van der Waals surface area contributed by atoms with Crippen molar-refractivity contribution in [3.05, 3.63) is 70.2 Å². The van der Waals surface area contributed by atoms with Crippen molar-refractivity contribution in [2.45, 2.75) is 19.6 Å². The summed E-state index contributed by atoms with van der Waals surface area (Å²) < 4.78 is 5.71. The highest BCUT2D eigenvalue weighted by Crippen LogP contribution is 2.15. The van der Waals surface area contributed by atoms with E-state index in [1.807, 2.05) is 35.2 Å². The number of aromatic amines is 1. The van der Waals surface area contributed by atoms with E-state index in [2.05, 4.69) is 32.6 Å². The van der Waals surface area contributed by atoms with Crippen molar-refractivity contribution in [2.75, 3.05) is 26.2 Å². The summed E-state index contributed by atoms with van der Waals surface area (Å²) in [6.07, 6.45) is 0.978. The molecule has 1 aromatic carbocycles. The monoisotopic (exact) mass is 396 g/mol. The zero-order chi connectivity index (χ0) is 19.2. The molecule has 1 aliphatic rings. The van der Waals surface area contributed by atoms with Gasteiger partial charge in [-0.25, -0.2) is 0 Å². The lowest BCUT2D eigenvalue weighted by atomic mass is 10.3. The smallest absolute Gasteiger partial charge is 0.274 e. The SMILES string of the molecule is O=C(c1cc(COc2ccccc2)[nH]n1)N1CCCN(Cc2cccs2)CC1. The molecule has 0 saturated carbocycles. The molecule has 1 N–H and O–H groups in total. The molecule has 0 bridgehead atoms. The van der Waals surface area contributed by atoms with E-state index in [9.17, 15) is 4.79 Å². The summed E-state index contributed by atoms with van der Waals surface area (Å²) in [5.74, 6) is 0.781. The van der Waals surface area contributed by atoms with Crippen LogP contribution in [0.1, 0.15) is 27.5 Å². The standard InChI is InChI=1S/C21H24N4O2S/c26-21(20-14-17(22-23-20)16-27-18-6-2-1-3-7-18)25-10-5-9-24(11-12-25)15-19-8-4-13-28-19/h1-4,6-8,13-14H,5,9-12,15-16H2,(H,22,23). The van der Waals surface area contributed by atoms with E-state index in [4.69, 9.17) is 4.74 Å². The summed E-state index contributed by atoms with van der Waals surface area (Å²) in [4.78, 5) is 18.5. The number of nitrogens with one attached hydrogen (secondary N) is 1. The summed E-state index contributed by atoms with van der Waals surface area (Å²) >= 11 is 1.78. The average molecular weight is 397 g/mol. The number of hydrogen-bond acceptors (Lipinski definition) is 5. The molecule has 0 spiro atoms. The van der Waals surface area contributed by atoms with Crippen LogP contribution in [0.5, 0.6) is 5.75 Å². The van der Waals surface area contributed by atoms with Crippen molar-refractivity contribution in [3.63, 3.8) is 0 Å². The summed E-state index contributed by atoms with van der Waals surface area (Å²) in [5, 5.41) is 9.24. The summed E-state index contributed by atoms with van der Waals surface area (Å²) in [6.45, 7) is 4.72. The first-order valence-electron chi connectivity index (χ1n) is 9.54. The number of carbonyl (C=O) groups is 1. The predicted octanol–water partition coefficient (Wildman–Crippen LogP) is 3.40. The van der Waals surface area contributed by atoms with E-state index in [1.54, 1.807) is 17.4 Å². The van der Waals surface area contributed by atoms with Crippen LogP contribution in [0.25, 0.3) is 0 Å². The maximum atomic E-state index is 12.8. The second kappa shape index (κ2) is 9.03. The maximum absolute atomic E-state index is 12.8. The number of thiophene rings is 1. The van der Waals surface area contributed by atoms with Crippen LogP contribution >= 0.6 is 11.3 Å². The molecule has 2 aromatic heterocycles. The number of benzene rings is 1. The molecule has 0 radical (unpaired) electrons. The van der Waals surface area contributed by atoms with E-state index < -0.39 is 0 Å². The van der Waals surface area contributed by atoms with Gasteiger partial charge in [-0.15, -0.1) is 11.3 Å². The molecule has 0 unspecified atom stereocenters. The highest BCUT2D eigenvalue weighted by Gasteiger charge is 2.22. The van der Waals surface area contributed by atoms with Gasteiger partial charge in [0, 0.05) is 37.6 Å². The third kappa shape index (κ3) is 4.79. The van der Waals surface area contributed by atoms with Gasteiger partial charge in [-0.3, -0.25) is 14.8 Å². The van der Waals surface area contributed by atoms with Crippen LogP contribution in [0.15, 0.2) is 53.9 Å². The number of nitrogens with zero attached hydrogens (tertiary/aromatic N) is 3. The zero-order valence-electron chi connectivity index (χ0n) is 15.7. The largest absolute Gasteiger partial charge is 0.487 e. The molecule has 4 rings (SSSR count). The van der Waals surface area contributed by atoms with E-state index in [0.29, 0.717) is 12.3 Å². The quantitative estimate of drug-likeness (QED) is 0.694. The Morgan fingerprint density at radius 3 is 2.82 bits per heavy atom. The van der Waals surface area contributed by atoms with Gasteiger partial charge in [-0.1, -0.05) is 24.3 Å². The van der Waals surface area contributed by atoms with Crippen LogP contribution in [0.4, 0.5) is 0 Å². The van der Waals surface area contributed by atoms with Gasteiger partial charge in [0.05, 0.1) is 5.69 Å². The minimum atomic E-state index is -0.0137. The van der Waals surface area contributed by atoms with E-state index in [-0.39, 0.29) is 5.91 Å². The number of carbonyl (C=O) groups excluding carboxylic acids is 1. The number of rotatable bonds is 6. The van der Waals surface area contributed by atoms with Gasteiger partial charge in [0.1, 0.15) is 12.4 Å². The fourth-order valence-corrected chi connectivity index (χ4v) is 4.09. The first-order valence-corrected chi connectivity index (χ1v) is 10.4. The topological polar surface area (TPSA) is 61.5 Å². The number of aromatic nitrogens is 2.